The molecule has 2 N–H and O–H groups in total. The minimum atomic E-state index is -4.00. The quantitative estimate of drug-likeness (QED) is 0.792. The first-order valence-corrected chi connectivity index (χ1v) is 8.81. The Kier molecular flexibility index (Phi) is 5.43. The number of carbonyl (C=O) groups excluding carboxylic acids is 2. The molecule has 0 aliphatic heterocycles. The molecule has 0 saturated heterocycles. The normalized spacial score (nSPS) is 10.8. The molecule has 2 aromatic rings. The van der Waals surface area contributed by atoms with Crippen LogP contribution in [0.15, 0.2) is 47.4 Å². The number of hydrogen-bond acceptors (Lipinski definition) is 5. The monoisotopic (exact) mass is 362 g/mol. The summed E-state index contributed by atoms with van der Waals surface area (Å²) in [5.41, 5.74) is 1.09. The molecule has 0 fully saturated rings. The van der Waals surface area contributed by atoms with E-state index in [-0.39, 0.29) is 27.6 Å². The number of carbonyl (C=O) groups is 2. The zero-order valence-corrected chi connectivity index (χ0v) is 14.8. The Morgan fingerprint density at radius 1 is 1.04 bits per heavy atom. The molecule has 7 nitrogen and oxygen atoms in total. The number of para-hydroxylation sites is 1. The Hall–Kier alpha value is -2.87. The van der Waals surface area contributed by atoms with Crippen LogP contribution in [0, 0.1) is 6.92 Å². The first kappa shape index (κ1) is 18.5. The van der Waals surface area contributed by atoms with Crippen molar-refractivity contribution in [1.82, 2.24) is 5.32 Å². The van der Waals surface area contributed by atoms with Gasteiger partial charge in [0.05, 0.1) is 23.3 Å². The second-order valence-electron chi connectivity index (χ2n) is 5.20. The van der Waals surface area contributed by atoms with Gasteiger partial charge in [0.25, 0.3) is 15.9 Å². The van der Waals surface area contributed by atoms with Crippen molar-refractivity contribution in [2.75, 3.05) is 18.9 Å². The van der Waals surface area contributed by atoms with Gasteiger partial charge in [0.15, 0.2) is 0 Å². The highest BCUT2D eigenvalue weighted by Gasteiger charge is 2.20. The zero-order chi connectivity index (χ0) is 18.6. The fourth-order valence-corrected chi connectivity index (χ4v) is 3.32. The van der Waals surface area contributed by atoms with Crippen LogP contribution >= 0.6 is 0 Å². The van der Waals surface area contributed by atoms with Gasteiger partial charge in [-0.1, -0.05) is 18.2 Å². The largest absolute Gasteiger partial charge is 0.465 e. The lowest BCUT2D eigenvalue weighted by atomic mass is 10.1. The van der Waals surface area contributed by atoms with Gasteiger partial charge in [-0.2, -0.15) is 0 Å². The minimum Gasteiger partial charge on any atom is -0.465 e. The lowest BCUT2D eigenvalue weighted by Crippen LogP contribution is -2.21. The van der Waals surface area contributed by atoms with Crippen LogP contribution in [-0.2, 0) is 14.8 Å². The number of ether oxygens (including phenoxy) is 1. The second kappa shape index (κ2) is 7.35. The Balaban J connectivity index is 2.45. The molecule has 0 aliphatic rings. The summed E-state index contributed by atoms with van der Waals surface area (Å²) in [5, 5.41) is 2.47. The highest BCUT2D eigenvalue weighted by Crippen LogP contribution is 2.22. The van der Waals surface area contributed by atoms with E-state index < -0.39 is 16.0 Å². The van der Waals surface area contributed by atoms with Gasteiger partial charge in [0.1, 0.15) is 0 Å². The van der Waals surface area contributed by atoms with Gasteiger partial charge in [0, 0.05) is 12.6 Å². The minimum absolute atomic E-state index is 0.0867. The van der Waals surface area contributed by atoms with E-state index in [0.717, 1.165) is 0 Å². The molecule has 0 saturated carbocycles. The van der Waals surface area contributed by atoms with Crippen LogP contribution in [0.5, 0.6) is 0 Å². The third kappa shape index (κ3) is 3.97. The third-order valence-electron chi connectivity index (χ3n) is 3.57. The molecule has 0 spiro atoms. The van der Waals surface area contributed by atoms with Crippen LogP contribution in [0.2, 0.25) is 0 Å². The van der Waals surface area contributed by atoms with Crippen molar-refractivity contribution < 1.29 is 22.7 Å². The zero-order valence-electron chi connectivity index (χ0n) is 14.0. The van der Waals surface area contributed by atoms with Crippen LogP contribution < -0.4 is 10.0 Å². The smallest absolute Gasteiger partial charge is 0.339 e. The molecule has 0 heterocycles. The summed E-state index contributed by atoms with van der Waals surface area (Å²) in [7, 11) is -1.32. The molecule has 8 heteroatoms. The number of rotatable bonds is 5. The average molecular weight is 362 g/mol. The first-order chi connectivity index (χ1) is 11.8. The van der Waals surface area contributed by atoms with Crippen LogP contribution in [0.1, 0.15) is 26.3 Å². The summed E-state index contributed by atoms with van der Waals surface area (Å²) in [6, 6.07) is 10.3. The molecule has 25 heavy (non-hydrogen) atoms. The van der Waals surface area contributed by atoms with E-state index in [0.29, 0.717) is 5.56 Å². The maximum Gasteiger partial charge on any atom is 0.339 e. The fraction of sp³-hybridized carbons (Fsp3) is 0.176. The summed E-state index contributed by atoms with van der Waals surface area (Å²) in [4.78, 5) is 23.6. The number of aryl methyl sites for hydroxylation is 1. The molecule has 0 aromatic heterocycles. The Bertz CT molecular complexity index is 922. The van der Waals surface area contributed by atoms with Crippen molar-refractivity contribution >= 4 is 27.6 Å². The van der Waals surface area contributed by atoms with E-state index in [9.17, 15) is 18.0 Å². The maximum atomic E-state index is 12.6. The molecular formula is C17H18N2O5S. The van der Waals surface area contributed by atoms with E-state index in [4.69, 9.17) is 0 Å². The number of benzene rings is 2. The van der Waals surface area contributed by atoms with Gasteiger partial charge < -0.3 is 10.1 Å². The summed E-state index contributed by atoms with van der Waals surface area (Å²) in [5.74, 6) is -1.04. The van der Waals surface area contributed by atoms with E-state index >= 15 is 0 Å². The van der Waals surface area contributed by atoms with Crippen LogP contribution in [0.3, 0.4) is 0 Å². The van der Waals surface area contributed by atoms with Crippen molar-refractivity contribution in [1.29, 1.82) is 0 Å². The number of nitrogens with one attached hydrogen (secondary N) is 2. The standard InChI is InChI=1S/C17H18N2O5S/c1-11-8-9-12(10-14(11)16(20)18-2)25(22,23)19-15-7-5-4-6-13(15)17(21)24-3/h4-10,19H,1-3H3,(H,18,20). The van der Waals surface area contributed by atoms with Crippen molar-refractivity contribution in [2.45, 2.75) is 11.8 Å². The van der Waals surface area contributed by atoms with Crippen molar-refractivity contribution in [3.05, 3.63) is 59.2 Å². The summed E-state index contributed by atoms with van der Waals surface area (Å²) in [6.07, 6.45) is 0. The molecule has 0 atom stereocenters. The highest BCUT2D eigenvalue weighted by atomic mass is 32.2. The summed E-state index contributed by atoms with van der Waals surface area (Å²) < 4.78 is 32.3. The van der Waals surface area contributed by atoms with E-state index in [1.54, 1.807) is 25.1 Å². The van der Waals surface area contributed by atoms with Gasteiger partial charge in [-0.15, -0.1) is 0 Å². The Labute approximate surface area is 146 Å². The third-order valence-corrected chi connectivity index (χ3v) is 4.93. The number of methoxy groups -OCH3 is 1. The van der Waals surface area contributed by atoms with E-state index in [1.807, 2.05) is 0 Å². The highest BCUT2D eigenvalue weighted by molar-refractivity contribution is 7.92. The predicted molar refractivity (Wildman–Crippen MR) is 93.2 cm³/mol. The Morgan fingerprint density at radius 2 is 1.72 bits per heavy atom. The molecular weight excluding hydrogens is 344 g/mol. The van der Waals surface area contributed by atoms with Crippen molar-refractivity contribution in [3.63, 3.8) is 0 Å². The molecule has 0 radical (unpaired) electrons. The van der Waals surface area contributed by atoms with Crippen LogP contribution in [-0.4, -0.2) is 34.5 Å². The maximum absolute atomic E-state index is 12.6. The SMILES string of the molecule is CNC(=O)c1cc(S(=O)(=O)Nc2ccccc2C(=O)OC)ccc1C. The first-order valence-electron chi connectivity index (χ1n) is 7.33. The number of anilines is 1. The van der Waals surface area contributed by atoms with E-state index in [1.165, 1.54) is 38.4 Å². The second-order valence-corrected chi connectivity index (χ2v) is 6.88. The molecule has 2 rings (SSSR count). The average Bonchev–Trinajstić information content (AvgIpc) is 2.60. The molecule has 132 valence electrons. The summed E-state index contributed by atoms with van der Waals surface area (Å²) >= 11 is 0. The number of sulfonamides is 1. The number of hydrogen-bond donors (Lipinski definition) is 2. The molecule has 2 aromatic carbocycles. The van der Waals surface area contributed by atoms with Crippen LogP contribution in [0.25, 0.3) is 0 Å². The topological polar surface area (TPSA) is 102 Å². The van der Waals surface area contributed by atoms with Crippen molar-refractivity contribution in [3.8, 4) is 0 Å². The number of esters is 1. The summed E-state index contributed by atoms with van der Waals surface area (Å²) in [6.45, 7) is 1.71. The predicted octanol–water partition coefficient (Wildman–Crippen LogP) is 1.94. The van der Waals surface area contributed by atoms with Crippen LogP contribution in [0.4, 0.5) is 5.69 Å². The van der Waals surface area contributed by atoms with Gasteiger partial charge in [-0.25, -0.2) is 13.2 Å². The Morgan fingerprint density at radius 3 is 2.36 bits per heavy atom. The van der Waals surface area contributed by atoms with Crippen molar-refractivity contribution in [2.24, 2.45) is 0 Å². The molecule has 0 unspecified atom stereocenters. The number of amides is 1. The molecule has 1 amide bonds. The lowest BCUT2D eigenvalue weighted by Gasteiger charge is -2.13. The fourth-order valence-electron chi connectivity index (χ4n) is 2.21. The van der Waals surface area contributed by atoms with Gasteiger partial charge in [-0.3, -0.25) is 9.52 Å². The molecule has 0 bridgehead atoms. The van der Waals surface area contributed by atoms with Gasteiger partial charge >= 0.3 is 5.97 Å². The van der Waals surface area contributed by atoms with E-state index in [2.05, 4.69) is 14.8 Å². The lowest BCUT2D eigenvalue weighted by molar-refractivity contribution is 0.0602. The van der Waals surface area contributed by atoms with Gasteiger partial charge in [-0.05, 0) is 36.8 Å². The molecule has 0 aliphatic carbocycles. The van der Waals surface area contributed by atoms with Gasteiger partial charge in [0.2, 0.25) is 0 Å².